The van der Waals surface area contributed by atoms with Crippen molar-refractivity contribution in [2.45, 2.75) is 32.2 Å². The largest absolute Gasteiger partial charge is 0.493 e. The molecule has 21 heavy (non-hydrogen) atoms. The summed E-state index contributed by atoms with van der Waals surface area (Å²) in [6, 6.07) is 11.4. The van der Waals surface area contributed by atoms with Crippen molar-refractivity contribution >= 4 is 0 Å². The number of hydrogen-bond acceptors (Lipinski definition) is 2. The van der Waals surface area contributed by atoms with Crippen LogP contribution >= 0.6 is 0 Å². The van der Waals surface area contributed by atoms with Crippen LogP contribution in [0.15, 0.2) is 36.4 Å². The molecule has 110 valence electrons. The van der Waals surface area contributed by atoms with E-state index in [0.717, 1.165) is 37.2 Å². The number of benzene rings is 2. The first-order valence-electron chi connectivity index (χ1n) is 7.40. The summed E-state index contributed by atoms with van der Waals surface area (Å²) in [5.41, 5.74) is 10.5. The molecule has 0 radical (unpaired) electrons. The van der Waals surface area contributed by atoms with Crippen LogP contribution in [0, 0.1) is 12.7 Å². The first-order valence-corrected chi connectivity index (χ1v) is 7.40. The molecule has 0 amide bonds. The number of fused-ring (bicyclic) bond motifs is 1. The summed E-state index contributed by atoms with van der Waals surface area (Å²) in [5.74, 6) is 0.835. The van der Waals surface area contributed by atoms with Crippen molar-refractivity contribution in [3.8, 4) is 5.75 Å². The summed E-state index contributed by atoms with van der Waals surface area (Å²) in [7, 11) is 0. The Morgan fingerprint density at radius 2 is 2.10 bits per heavy atom. The van der Waals surface area contributed by atoms with Crippen LogP contribution < -0.4 is 10.5 Å². The summed E-state index contributed by atoms with van der Waals surface area (Å²) in [5, 5.41) is 0. The fourth-order valence-corrected chi connectivity index (χ4v) is 2.78. The van der Waals surface area contributed by atoms with Crippen LogP contribution in [0.2, 0.25) is 0 Å². The molecule has 0 saturated heterocycles. The molecule has 0 fully saturated rings. The Kier molecular flexibility index (Phi) is 3.93. The number of nitrogens with two attached hydrogens (primary N) is 1. The summed E-state index contributed by atoms with van der Waals surface area (Å²) >= 11 is 0. The number of rotatable bonds is 4. The topological polar surface area (TPSA) is 35.2 Å². The zero-order valence-corrected chi connectivity index (χ0v) is 12.2. The van der Waals surface area contributed by atoms with E-state index in [0.29, 0.717) is 5.56 Å². The Morgan fingerprint density at radius 3 is 2.90 bits per heavy atom. The molecule has 1 aliphatic rings. The van der Waals surface area contributed by atoms with Gasteiger partial charge in [-0.25, -0.2) is 4.39 Å². The van der Waals surface area contributed by atoms with E-state index < -0.39 is 0 Å². The van der Waals surface area contributed by atoms with Crippen molar-refractivity contribution in [3.05, 3.63) is 64.5 Å². The van der Waals surface area contributed by atoms with Crippen molar-refractivity contribution < 1.29 is 9.13 Å². The maximum atomic E-state index is 13.3. The van der Waals surface area contributed by atoms with Gasteiger partial charge in [-0.2, -0.15) is 0 Å². The SMILES string of the molecule is Cc1cc(C(N)CCc2ccc3c(c2)CCO3)ccc1F. The lowest BCUT2D eigenvalue weighted by Gasteiger charge is -2.13. The molecule has 1 aliphatic heterocycles. The van der Waals surface area contributed by atoms with Crippen molar-refractivity contribution in [2.75, 3.05) is 6.61 Å². The van der Waals surface area contributed by atoms with Gasteiger partial charge in [-0.15, -0.1) is 0 Å². The van der Waals surface area contributed by atoms with Gasteiger partial charge in [-0.05, 0) is 54.2 Å². The van der Waals surface area contributed by atoms with Gasteiger partial charge in [-0.3, -0.25) is 0 Å². The zero-order chi connectivity index (χ0) is 14.8. The van der Waals surface area contributed by atoms with Gasteiger partial charge in [0, 0.05) is 12.5 Å². The minimum Gasteiger partial charge on any atom is -0.493 e. The van der Waals surface area contributed by atoms with Gasteiger partial charge in [0.1, 0.15) is 11.6 Å². The Morgan fingerprint density at radius 1 is 1.24 bits per heavy atom. The average Bonchev–Trinajstić information content (AvgIpc) is 2.95. The van der Waals surface area contributed by atoms with Crippen LogP contribution in [0.5, 0.6) is 5.75 Å². The molecule has 2 N–H and O–H groups in total. The van der Waals surface area contributed by atoms with Gasteiger partial charge in [0.05, 0.1) is 6.61 Å². The lowest BCUT2D eigenvalue weighted by Crippen LogP contribution is -2.11. The Balaban J connectivity index is 1.65. The van der Waals surface area contributed by atoms with E-state index in [4.69, 9.17) is 10.5 Å². The highest BCUT2D eigenvalue weighted by Crippen LogP contribution is 2.27. The van der Waals surface area contributed by atoms with Gasteiger partial charge in [0.25, 0.3) is 0 Å². The molecule has 1 heterocycles. The number of halogens is 1. The summed E-state index contributed by atoms with van der Waals surface area (Å²) in [6.45, 7) is 2.55. The molecule has 0 bridgehead atoms. The number of aryl methyl sites for hydroxylation is 2. The van der Waals surface area contributed by atoms with E-state index in [1.165, 1.54) is 17.2 Å². The molecule has 0 aliphatic carbocycles. The summed E-state index contributed by atoms with van der Waals surface area (Å²) in [4.78, 5) is 0. The maximum Gasteiger partial charge on any atom is 0.126 e. The third-order valence-corrected chi connectivity index (χ3v) is 4.11. The molecular weight excluding hydrogens is 265 g/mol. The molecule has 3 heteroatoms. The molecule has 2 aromatic rings. The molecule has 2 nitrogen and oxygen atoms in total. The molecular formula is C18H20FNO. The average molecular weight is 285 g/mol. The Hall–Kier alpha value is -1.87. The second-order valence-corrected chi connectivity index (χ2v) is 5.69. The minimum absolute atomic E-state index is 0.0613. The number of ether oxygens (including phenoxy) is 1. The van der Waals surface area contributed by atoms with E-state index in [-0.39, 0.29) is 11.9 Å². The first-order chi connectivity index (χ1) is 10.1. The minimum atomic E-state index is -0.176. The van der Waals surface area contributed by atoms with Crippen molar-refractivity contribution in [1.29, 1.82) is 0 Å². The molecule has 0 aromatic heterocycles. The predicted molar refractivity (Wildman–Crippen MR) is 82.0 cm³/mol. The van der Waals surface area contributed by atoms with Crippen LogP contribution in [-0.2, 0) is 12.8 Å². The lowest BCUT2D eigenvalue weighted by molar-refractivity contribution is 0.357. The van der Waals surface area contributed by atoms with E-state index in [1.54, 1.807) is 13.0 Å². The van der Waals surface area contributed by atoms with Gasteiger partial charge in [0.15, 0.2) is 0 Å². The monoisotopic (exact) mass is 285 g/mol. The van der Waals surface area contributed by atoms with Crippen LogP contribution in [0.3, 0.4) is 0 Å². The molecule has 0 spiro atoms. The highest BCUT2D eigenvalue weighted by molar-refractivity contribution is 5.40. The van der Waals surface area contributed by atoms with Gasteiger partial charge in [0.2, 0.25) is 0 Å². The molecule has 2 aromatic carbocycles. The maximum absolute atomic E-state index is 13.3. The molecule has 1 atom stereocenters. The zero-order valence-electron chi connectivity index (χ0n) is 12.2. The summed E-state index contributed by atoms with van der Waals surface area (Å²) in [6.07, 6.45) is 2.77. The van der Waals surface area contributed by atoms with Gasteiger partial charge in [-0.1, -0.05) is 24.3 Å². The van der Waals surface area contributed by atoms with E-state index >= 15 is 0 Å². The molecule has 3 rings (SSSR count). The first kappa shape index (κ1) is 14.1. The van der Waals surface area contributed by atoms with Crippen molar-refractivity contribution in [3.63, 3.8) is 0 Å². The third kappa shape index (κ3) is 3.08. The third-order valence-electron chi connectivity index (χ3n) is 4.11. The van der Waals surface area contributed by atoms with Crippen LogP contribution in [0.4, 0.5) is 4.39 Å². The van der Waals surface area contributed by atoms with Crippen LogP contribution in [0.1, 0.15) is 34.7 Å². The smallest absolute Gasteiger partial charge is 0.126 e. The normalized spacial score (nSPS) is 14.6. The second kappa shape index (κ2) is 5.86. The Labute approximate surface area is 124 Å². The predicted octanol–water partition coefficient (Wildman–Crippen LogP) is 3.70. The van der Waals surface area contributed by atoms with E-state index in [2.05, 4.69) is 12.1 Å². The van der Waals surface area contributed by atoms with Crippen molar-refractivity contribution in [1.82, 2.24) is 0 Å². The van der Waals surface area contributed by atoms with E-state index in [1.807, 2.05) is 12.1 Å². The molecule has 0 saturated carbocycles. The quantitative estimate of drug-likeness (QED) is 0.929. The van der Waals surface area contributed by atoms with E-state index in [9.17, 15) is 4.39 Å². The van der Waals surface area contributed by atoms with Crippen LogP contribution in [0.25, 0.3) is 0 Å². The highest BCUT2D eigenvalue weighted by Gasteiger charge is 2.13. The fraction of sp³-hybridized carbons (Fsp3) is 0.333. The fourth-order valence-electron chi connectivity index (χ4n) is 2.78. The van der Waals surface area contributed by atoms with Crippen molar-refractivity contribution in [2.24, 2.45) is 5.73 Å². The second-order valence-electron chi connectivity index (χ2n) is 5.69. The summed E-state index contributed by atoms with van der Waals surface area (Å²) < 4.78 is 18.8. The highest BCUT2D eigenvalue weighted by atomic mass is 19.1. The Bertz CT molecular complexity index is 654. The van der Waals surface area contributed by atoms with Gasteiger partial charge >= 0.3 is 0 Å². The van der Waals surface area contributed by atoms with Gasteiger partial charge < -0.3 is 10.5 Å². The standard InChI is InChI=1S/C18H20FNO/c1-12-10-14(4-5-16(12)19)17(20)6-2-13-3-7-18-15(11-13)8-9-21-18/h3-5,7,10-11,17H,2,6,8-9,20H2,1H3. The number of hydrogen-bond donors (Lipinski definition) is 1. The molecule has 1 unspecified atom stereocenters. The van der Waals surface area contributed by atoms with Crippen LogP contribution in [-0.4, -0.2) is 6.61 Å². The lowest BCUT2D eigenvalue weighted by atomic mass is 9.97.